The lowest BCUT2D eigenvalue weighted by Gasteiger charge is -2.00. The van der Waals surface area contributed by atoms with E-state index in [0.29, 0.717) is 10.7 Å². The van der Waals surface area contributed by atoms with Crippen LogP contribution >= 0.6 is 12.2 Å². The molecule has 3 rings (SSSR count). The van der Waals surface area contributed by atoms with Crippen LogP contribution in [0.2, 0.25) is 0 Å². The average molecular weight is 258 g/mol. The molecule has 1 saturated carbocycles. The summed E-state index contributed by atoms with van der Waals surface area (Å²) in [5, 5.41) is 11.5. The topological polar surface area (TPSA) is 46.0 Å². The van der Waals surface area contributed by atoms with Gasteiger partial charge in [0.05, 0.1) is 6.21 Å². The highest BCUT2D eigenvalue weighted by molar-refractivity contribution is 7.71. The van der Waals surface area contributed by atoms with Crippen molar-refractivity contribution in [3.8, 4) is 0 Å². The monoisotopic (exact) mass is 258 g/mol. The van der Waals surface area contributed by atoms with Gasteiger partial charge in [0.25, 0.3) is 0 Å². The number of nitrogens with one attached hydrogen (secondary N) is 1. The Hall–Kier alpha value is -1.75. The smallest absolute Gasteiger partial charge is 0.216 e. The van der Waals surface area contributed by atoms with E-state index in [2.05, 4.69) is 28.3 Å². The van der Waals surface area contributed by atoms with Gasteiger partial charge in [0.15, 0.2) is 5.82 Å². The first-order valence-corrected chi connectivity index (χ1v) is 6.44. The van der Waals surface area contributed by atoms with Gasteiger partial charge in [-0.1, -0.05) is 24.3 Å². The van der Waals surface area contributed by atoms with Crippen molar-refractivity contribution in [2.45, 2.75) is 25.7 Å². The van der Waals surface area contributed by atoms with E-state index in [1.807, 2.05) is 24.4 Å². The Bertz CT molecular complexity index is 649. The van der Waals surface area contributed by atoms with E-state index < -0.39 is 0 Å². The van der Waals surface area contributed by atoms with E-state index in [-0.39, 0.29) is 0 Å². The Morgan fingerprint density at radius 2 is 2.22 bits per heavy atom. The number of rotatable bonds is 3. The summed E-state index contributed by atoms with van der Waals surface area (Å²) < 4.78 is 2.29. The standard InChI is InChI=1S/C13H14N4S/c1-9-4-2-3-5-11(9)8-14-17-12(10-6-7-10)15-16-13(17)18/h2-5,8,10H,6-7H2,1H3,(H,16,18)/b14-8-. The minimum atomic E-state index is 0.520. The van der Waals surface area contributed by atoms with Gasteiger partial charge < -0.3 is 0 Å². The van der Waals surface area contributed by atoms with Crippen LogP contribution in [0.15, 0.2) is 29.4 Å². The van der Waals surface area contributed by atoms with E-state index >= 15 is 0 Å². The molecule has 0 aliphatic heterocycles. The summed E-state index contributed by atoms with van der Waals surface area (Å²) in [7, 11) is 0. The minimum Gasteiger partial charge on any atom is -0.250 e. The molecule has 5 heteroatoms. The second-order valence-electron chi connectivity index (χ2n) is 4.57. The number of benzene rings is 1. The summed E-state index contributed by atoms with van der Waals surface area (Å²) >= 11 is 5.20. The maximum absolute atomic E-state index is 5.20. The molecule has 0 spiro atoms. The molecule has 1 aromatic carbocycles. The lowest BCUT2D eigenvalue weighted by atomic mass is 10.1. The van der Waals surface area contributed by atoms with Gasteiger partial charge in [0.2, 0.25) is 4.77 Å². The van der Waals surface area contributed by atoms with Gasteiger partial charge >= 0.3 is 0 Å². The second kappa shape index (κ2) is 4.49. The lowest BCUT2D eigenvalue weighted by molar-refractivity contribution is 0.772. The largest absolute Gasteiger partial charge is 0.250 e. The molecule has 0 unspecified atom stereocenters. The average Bonchev–Trinajstić information content (AvgIpc) is 3.14. The van der Waals surface area contributed by atoms with Crippen molar-refractivity contribution in [2.24, 2.45) is 5.10 Å². The van der Waals surface area contributed by atoms with E-state index in [1.165, 1.54) is 18.4 Å². The molecule has 0 radical (unpaired) electrons. The number of hydrogen-bond donors (Lipinski definition) is 1. The number of H-pyrrole nitrogens is 1. The maximum atomic E-state index is 5.20. The van der Waals surface area contributed by atoms with Crippen LogP contribution in [0.5, 0.6) is 0 Å². The number of aromatic amines is 1. The molecule has 1 aliphatic rings. The van der Waals surface area contributed by atoms with Crippen LogP contribution in [0.25, 0.3) is 0 Å². The molecule has 0 bridgehead atoms. The second-order valence-corrected chi connectivity index (χ2v) is 4.96. The van der Waals surface area contributed by atoms with Crippen LogP contribution in [0.3, 0.4) is 0 Å². The molecule has 2 aromatic rings. The van der Waals surface area contributed by atoms with Crippen molar-refractivity contribution in [3.63, 3.8) is 0 Å². The number of hydrogen-bond acceptors (Lipinski definition) is 3. The lowest BCUT2D eigenvalue weighted by Crippen LogP contribution is -1.97. The predicted octanol–water partition coefficient (Wildman–Crippen LogP) is 3.01. The fourth-order valence-corrected chi connectivity index (χ4v) is 2.06. The SMILES string of the molecule is Cc1ccccc1/C=N\n1c(C2CC2)n[nH]c1=S. The Morgan fingerprint density at radius 1 is 1.44 bits per heavy atom. The van der Waals surface area contributed by atoms with Crippen LogP contribution in [0.1, 0.15) is 35.7 Å². The summed E-state index contributed by atoms with van der Waals surface area (Å²) in [6, 6.07) is 8.13. The Labute approximate surface area is 110 Å². The van der Waals surface area contributed by atoms with E-state index in [4.69, 9.17) is 12.2 Å². The summed E-state index contributed by atoms with van der Waals surface area (Å²) in [4.78, 5) is 0. The van der Waals surface area contributed by atoms with Gasteiger partial charge in [0.1, 0.15) is 0 Å². The van der Waals surface area contributed by atoms with Gasteiger partial charge in [-0.15, -0.1) is 0 Å². The van der Waals surface area contributed by atoms with Crippen LogP contribution in [0.4, 0.5) is 0 Å². The fraction of sp³-hybridized carbons (Fsp3) is 0.308. The third kappa shape index (κ3) is 2.13. The quantitative estimate of drug-likeness (QED) is 0.679. The van der Waals surface area contributed by atoms with Gasteiger partial charge in [-0.3, -0.25) is 5.10 Å². The number of aromatic nitrogens is 3. The van der Waals surface area contributed by atoms with Crippen LogP contribution in [-0.4, -0.2) is 21.1 Å². The van der Waals surface area contributed by atoms with Gasteiger partial charge in [-0.05, 0) is 43.1 Å². The molecule has 92 valence electrons. The van der Waals surface area contributed by atoms with Crippen molar-refractivity contribution in [1.82, 2.24) is 14.9 Å². The molecular weight excluding hydrogens is 244 g/mol. The van der Waals surface area contributed by atoms with Crippen molar-refractivity contribution in [1.29, 1.82) is 0 Å². The maximum Gasteiger partial charge on any atom is 0.216 e. The Kier molecular flexibility index (Phi) is 2.83. The highest BCUT2D eigenvalue weighted by Crippen LogP contribution is 2.38. The third-order valence-corrected chi connectivity index (χ3v) is 3.38. The van der Waals surface area contributed by atoms with Crippen molar-refractivity contribution < 1.29 is 0 Å². The summed E-state index contributed by atoms with van der Waals surface area (Å²) in [5.41, 5.74) is 2.30. The van der Waals surface area contributed by atoms with Crippen LogP contribution in [-0.2, 0) is 0 Å². The molecule has 1 fully saturated rings. The number of aryl methyl sites for hydroxylation is 1. The van der Waals surface area contributed by atoms with Crippen molar-refractivity contribution in [2.75, 3.05) is 0 Å². The highest BCUT2D eigenvalue weighted by atomic mass is 32.1. The minimum absolute atomic E-state index is 0.520. The molecule has 0 atom stereocenters. The normalized spacial score (nSPS) is 15.4. The first-order chi connectivity index (χ1) is 8.75. The first kappa shape index (κ1) is 11.3. The predicted molar refractivity (Wildman–Crippen MR) is 73.6 cm³/mol. The van der Waals surface area contributed by atoms with Crippen LogP contribution < -0.4 is 0 Å². The Balaban J connectivity index is 1.95. The zero-order chi connectivity index (χ0) is 12.5. The van der Waals surface area contributed by atoms with E-state index in [9.17, 15) is 0 Å². The molecule has 0 amide bonds. The highest BCUT2D eigenvalue weighted by Gasteiger charge is 2.29. The summed E-state index contributed by atoms with van der Waals surface area (Å²) in [5.74, 6) is 1.47. The first-order valence-electron chi connectivity index (χ1n) is 6.03. The Morgan fingerprint density at radius 3 is 2.94 bits per heavy atom. The van der Waals surface area contributed by atoms with Crippen molar-refractivity contribution in [3.05, 3.63) is 46.0 Å². The number of nitrogens with zero attached hydrogens (tertiary/aromatic N) is 3. The molecule has 1 N–H and O–H groups in total. The fourth-order valence-electron chi connectivity index (χ4n) is 1.87. The zero-order valence-electron chi connectivity index (χ0n) is 10.1. The molecule has 4 nitrogen and oxygen atoms in total. The molecular formula is C13H14N4S. The molecule has 1 aromatic heterocycles. The van der Waals surface area contributed by atoms with Gasteiger partial charge in [-0.25, -0.2) is 0 Å². The zero-order valence-corrected chi connectivity index (χ0v) is 10.9. The van der Waals surface area contributed by atoms with E-state index in [1.54, 1.807) is 4.68 Å². The summed E-state index contributed by atoms with van der Waals surface area (Å²) in [6.45, 7) is 2.07. The van der Waals surface area contributed by atoms with Crippen molar-refractivity contribution >= 4 is 18.4 Å². The van der Waals surface area contributed by atoms with Crippen LogP contribution in [0, 0.1) is 11.7 Å². The third-order valence-electron chi connectivity index (χ3n) is 3.12. The van der Waals surface area contributed by atoms with Gasteiger partial charge in [0, 0.05) is 5.92 Å². The molecule has 18 heavy (non-hydrogen) atoms. The molecule has 0 saturated heterocycles. The van der Waals surface area contributed by atoms with E-state index in [0.717, 1.165) is 11.4 Å². The molecule has 1 heterocycles. The summed E-state index contributed by atoms with van der Waals surface area (Å²) in [6.07, 6.45) is 4.20. The van der Waals surface area contributed by atoms with Gasteiger partial charge in [-0.2, -0.15) is 14.9 Å². The molecule has 1 aliphatic carbocycles.